The van der Waals surface area contributed by atoms with Gasteiger partial charge in [-0.3, -0.25) is 0 Å². The Hall–Kier alpha value is -2.02. The smallest absolute Gasteiger partial charge is 0.198 e. The number of aromatic nitrogens is 2. The third kappa shape index (κ3) is 1.11. The Morgan fingerprint density at radius 2 is 2.31 bits per heavy atom. The van der Waals surface area contributed by atoms with Crippen LogP contribution in [0.4, 0.5) is 5.95 Å². The van der Waals surface area contributed by atoms with Crippen LogP contribution in [0.5, 0.6) is 0 Å². The van der Waals surface area contributed by atoms with Gasteiger partial charge in [0.2, 0.25) is 0 Å². The van der Waals surface area contributed by atoms with Crippen molar-refractivity contribution in [1.82, 2.24) is 9.97 Å². The minimum atomic E-state index is 0.379. The molecule has 0 aliphatic heterocycles. The van der Waals surface area contributed by atoms with Crippen LogP contribution in [0.25, 0.3) is 11.0 Å². The highest BCUT2D eigenvalue weighted by molar-refractivity contribution is 5.79. The molecule has 13 heavy (non-hydrogen) atoms. The van der Waals surface area contributed by atoms with Gasteiger partial charge in [-0.25, -0.2) is 4.98 Å². The van der Waals surface area contributed by atoms with Crippen molar-refractivity contribution in [3.63, 3.8) is 0 Å². The average molecular weight is 172 g/mol. The average Bonchev–Trinajstić information content (AvgIpc) is 2.42. The van der Waals surface area contributed by atoms with Crippen LogP contribution in [0.15, 0.2) is 12.1 Å². The molecule has 0 saturated heterocycles. The van der Waals surface area contributed by atoms with E-state index in [1.807, 2.05) is 13.0 Å². The molecular weight excluding hydrogens is 164 g/mol. The Morgan fingerprint density at radius 3 is 3.00 bits per heavy atom. The number of fused-ring (bicyclic) bond motifs is 1. The van der Waals surface area contributed by atoms with Gasteiger partial charge >= 0.3 is 0 Å². The summed E-state index contributed by atoms with van der Waals surface area (Å²) in [6.45, 7) is 1.88. The maximum Gasteiger partial charge on any atom is 0.198 e. The summed E-state index contributed by atoms with van der Waals surface area (Å²) in [7, 11) is 0. The van der Waals surface area contributed by atoms with Crippen LogP contribution in [0.1, 0.15) is 11.1 Å². The summed E-state index contributed by atoms with van der Waals surface area (Å²) in [5, 5.41) is 8.77. The maximum atomic E-state index is 8.77. The Kier molecular flexibility index (Phi) is 1.46. The molecule has 0 saturated carbocycles. The first-order valence-electron chi connectivity index (χ1n) is 3.86. The number of nitrogens with two attached hydrogens (primary N) is 1. The predicted octanol–water partition coefficient (Wildman–Crippen LogP) is 1.33. The molecule has 4 nitrogen and oxygen atoms in total. The lowest BCUT2D eigenvalue weighted by atomic mass is 10.1. The predicted molar refractivity (Wildman–Crippen MR) is 50.0 cm³/mol. The first-order valence-corrected chi connectivity index (χ1v) is 3.86. The van der Waals surface area contributed by atoms with Crippen molar-refractivity contribution in [2.24, 2.45) is 0 Å². The molecule has 0 bridgehead atoms. The number of benzene rings is 1. The van der Waals surface area contributed by atoms with E-state index in [0.717, 1.165) is 16.6 Å². The van der Waals surface area contributed by atoms with Gasteiger partial charge in [0, 0.05) is 0 Å². The van der Waals surface area contributed by atoms with Gasteiger partial charge in [-0.05, 0) is 24.6 Å². The van der Waals surface area contributed by atoms with E-state index in [1.165, 1.54) is 0 Å². The van der Waals surface area contributed by atoms with E-state index < -0.39 is 0 Å². The highest BCUT2D eigenvalue weighted by Gasteiger charge is 2.03. The van der Waals surface area contributed by atoms with Crippen molar-refractivity contribution in [2.75, 3.05) is 5.73 Å². The third-order valence-corrected chi connectivity index (χ3v) is 1.97. The zero-order valence-corrected chi connectivity index (χ0v) is 7.13. The number of nitrogens with one attached hydrogen (secondary N) is 1. The van der Waals surface area contributed by atoms with Crippen LogP contribution < -0.4 is 5.73 Å². The standard InChI is InChI=1S/C9H8N4/c1-5-2-7-8(3-6(5)4-10)13-9(11)12-7/h2-3H,1H3,(H3,11,12,13). The topological polar surface area (TPSA) is 78.5 Å². The zero-order valence-electron chi connectivity index (χ0n) is 7.13. The first kappa shape index (κ1) is 7.62. The fourth-order valence-electron chi connectivity index (χ4n) is 1.31. The fraction of sp³-hybridized carbons (Fsp3) is 0.111. The van der Waals surface area contributed by atoms with E-state index >= 15 is 0 Å². The van der Waals surface area contributed by atoms with Crippen molar-refractivity contribution in [2.45, 2.75) is 6.92 Å². The van der Waals surface area contributed by atoms with Gasteiger partial charge in [-0.1, -0.05) is 0 Å². The second-order valence-electron chi connectivity index (χ2n) is 2.92. The molecule has 0 unspecified atom stereocenters. The van der Waals surface area contributed by atoms with Gasteiger partial charge in [0.1, 0.15) is 0 Å². The normalized spacial score (nSPS) is 10.2. The van der Waals surface area contributed by atoms with Crippen LogP contribution in [0, 0.1) is 18.3 Å². The number of aromatic amines is 1. The molecule has 4 heteroatoms. The number of hydrogen-bond acceptors (Lipinski definition) is 3. The Labute approximate surface area is 75.0 Å². The van der Waals surface area contributed by atoms with Crippen LogP contribution in [0.3, 0.4) is 0 Å². The van der Waals surface area contributed by atoms with Gasteiger partial charge in [0.15, 0.2) is 5.95 Å². The van der Waals surface area contributed by atoms with Crippen LogP contribution >= 0.6 is 0 Å². The van der Waals surface area contributed by atoms with Gasteiger partial charge in [0.05, 0.1) is 22.7 Å². The third-order valence-electron chi connectivity index (χ3n) is 1.97. The number of nitrogens with zero attached hydrogens (tertiary/aromatic N) is 2. The molecule has 0 atom stereocenters. The summed E-state index contributed by atoms with van der Waals surface area (Å²) in [6.07, 6.45) is 0. The second kappa shape index (κ2) is 2.49. The molecular formula is C9H8N4. The van der Waals surface area contributed by atoms with Crippen LogP contribution in [-0.4, -0.2) is 9.97 Å². The zero-order chi connectivity index (χ0) is 9.42. The second-order valence-corrected chi connectivity index (χ2v) is 2.92. The van der Waals surface area contributed by atoms with Crippen LogP contribution in [0.2, 0.25) is 0 Å². The fourth-order valence-corrected chi connectivity index (χ4v) is 1.31. The van der Waals surface area contributed by atoms with Crippen molar-refractivity contribution in [3.8, 4) is 6.07 Å². The largest absolute Gasteiger partial charge is 0.369 e. The van der Waals surface area contributed by atoms with E-state index in [1.54, 1.807) is 6.07 Å². The Morgan fingerprint density at radius 1 is 1.54 bits per heavy atom. The summed E-state index contributed by atoms with van der Waals surface area (Å²) < 4.78 is 0. The van der Waals surface area contributed by atoms with Crippen molar-refractivity contribution in [1.29, 1.82) is 5.26 Å². The molecule has 0 radical (unpaired) electrons. The van der Waals surface area contributed by atoms with Gasteiger partial charge < -0.3 is 10.7 Å². The van der Waals surface area contributed by atoms with Gasteiger partial charge in [-0.2, -0.15) is 5.26 Å². The molecule has 0 aliphatic carbocycles. The maximum absolute atomic E-state index is 8.77. The van der Waals surface area contributed by atoms with Crippen molar-refractivity contribution < 1.29 is 0 Å². The summed E-state index contributed by atoms with van der Waals surface area (Å²) in [6, 6.07) is 5.71. The van der Waals surface area contributed by atoms with Crippen molar-refractivity contribution >= 4 is 17.0 Å². The lowest BCUT2D eigenvalue weighted by Crippen LogP contribution is -1.84. The van der Waals surface area contributed by atoms with E-state index in [4.69, 9.17) is 11.0 Å². The van der Waals surface area contributed by atoms with E-state index in [9.17, 15) is 0 Å². The monoisotopic (exact) mass is 172 g/mol. The summed E-state index contributed by atoms with van der Waals surface area (Å²) >= 11 is 0. The summed E-state index contributed by atoms with van der Waals surface area (Å²) in [5.41, 5.74) is 8.66. The lowest BCUT2D eigenvalue weighted by molar-refractivity contribution is 1.35. The molecule has 3 N–H and O–H groups in total. The summed E-state index contributed by atoms with van der Waals surface area (Å²) in [5.74, 6) is 0.379. The van der Waals surface area contributed by atoms with E-state index in [-0.39, 0.29) is 0 Å². The number of hydrogen-bond donors (Lipinski definition) is 2. The molecule has 0 spiro atoms. The molecule has 0 aliphatic rings. The van der Waals surface area contributed by atoms with E-state index in [0.29, 0.717) is 11.5 Å². The Bertz CT molecular complexity index is 504. The molecule has 1 aromatic heterocycles. The number of H-pyrrole nitrogens is 1. The quantitative estimate of drug-likeness (QED) is 0.629. The van der Waals surface area contributed by atoms with E-state index in [2.05, 4.69) is 16.0 Å². The van der Waals surface area contributed by atoms with Gasteiger partial charge in [0.25, 0.3) is 0 Å². The van der Waals surface area contributed by atoms with Crippen LogP contribution in [-0.2, 0) is 0 Å². The number of nitriles is 1. The highest BCUT2D eigenvalue weighted by Crippen LogP contribution is 2.17. The molecule has 0 amide bonds. The molecule has 0 fully saturated rings. The van der Waals surface area contributed by atoms with Crippen molar-refractivity contribution in [3.05, 3.63) is 23.3 Å². The number of imidazole rings is 1. The summed E-state index contributed by atoms with van der Waals surface area (Å²) in [4.78, 5) is 6.94. The highest BCUT2D eigenvalue weighted by atomic mass is 15.0. The molecule has 2 rings (SSSR count). The lowest BCUT2D eigenvalue weighted by Gasteiger charge is -1.94. The van der Waals surface area contributed by atoms with Gasteiger partial charge in [-0.15, -0.1) is 0 Å². The molecule has 2 aromatic rings. The minimum absolute atomic E-state index is 0.379. The number of anilines is 1. The first-order chi connectivity index (χ1) is 6.20. The molecule has 1 heterocycles. The number of nitrogen functional groups attached to an aromatic ring is 1. The minimum Gasteiger partial charge on any atom is -0.369 e. The Balaban J connectivity index is 2.82. The SMILES string of the molecule is Cc1cc2[nH]c(N)nc2cc1C#N. The number of aryl methyl sites for hydroxylation is 1. The molecule has 1 aromatic carbocycles. The molecule has 64 valence electrons. The number of rotatable bonds is 0.